The predicted octanol–water partition coefficient (Wildman–Crippen LogP) is 2.30. The molecular weight excluding hydrogens is 308 g/mol. The zero-order chi connectivity index (χ0) is 16.1. The van der Waals surface area contributed by atoms with Crippen LogP contribution in [0.3, 0.4) is 0 Å². The van der Waals surface area contributed by atoms with E-state index in [0.717, 1.165) is 42.2 Å². The van der Waals surface area contributed by atoms with Crippen molar-refractivity contribution in [1.29, 1.82) is 5.26 Å². The quantitative estimate of drug-likeness (QED) is 0.904. The lowest BCUT2D eigenvalue weighted by atomic mass is 9.99. The number of amides is 1. The lowest BCUT2D eigenvalue weighted by Gasteiger charge is -2.21. The first kappa shape index (κ1) is 15.7. The Hall–Kier alpha value is -2.23. The van der Waals surface area contributed by atoms with Crippen molar-refractivity contribution in [2.75, 3.05) is 13.1 Å². The Morgan fingerprint density at radius 3 is 2.96 bits per heavy atom. The molecule has 0 bridgehead atoms. The zero-order valence-electron chi connectivity index (χ0n) is 12.7. The number of hydrogen-bond donors (Lipinski definition) is 2. The average molecular weight is 326 g/mol. The van der Waals surface area contributed by atoms with Crippen LogP contribution in [-0.2, 0) is 11.3 Å². The summed E-state index contributed by atoms with van der Waals surface area (Å²) in [4.78, 5) is 16.7. The summed E-state index contributed by atoms with van der Waals surface area (Å²) in [6.45, 7) is 2.24. The van der Waals surface area contributed by atoms with Gasteiger partial charge in [0.15, 0.2) is 0 Å². The summed E-state index contributed by atoms with van der Waals surface area (Å²) in [7, 11) is 0. The molecule has 1 amide bonds. The van der Waals surface area contributed by atoms with Gasteiger partial charge in [-0.25, -0.2) is 4.98 Å². The smallest absolute Gasteiger partial charge is 0.224 e. The Morgan fingerprint density at radius 2 is 2.26 bits per heavy atom. The lowest BCUT2D eigenvalue weighted by molar-refractivity contribution is -0.125. The molecule has 2 N–H and O–H groups in total. The van der Waals surface area contributed by atoms with Gasteiger partial charge in [-0.2, -0.15) is 5.26 Å². The second-order valence-electron chi connectivity index (χ2n) is 5.58. The van der Waals surface area contributed by atoms with Crippen LogP contribution in [0.25, 0.3) is 11.3 Å². The van der Waals surface area contributed by atoms with Crippen molar-refractivity contribution < 1.29 is 4.79 Å². The van der Waals surface area contributed by atoms with Crippen LogP contribution in [-0.4, -0.2) is 24.0 Å². The summed E-state index contributed by atoms with van der Waals surface area (Å²) in [5.41, 5.74) is 2.50. The molecule has 6 heteroatoms. The molecule has 2 aromatic rings. The first-order valence-corrected chi connectivity index (χ1v) is 8.57. The lowest BCUT2D eigenvalue weighted by Crippen LogP contribution is -2.40. The molecule has 23 heavy (non-hydrogen) atoms. The van der Waals surface area contributed by atoms with Gasteiger partial charge in [0.05, 0.1) is 29.8 Å². The molecule has 1 aliphatic heterocycles. The normalized spacial score (nSPS) is 17.4. The maximum atomic E-state index is 12.1. The van der Waals surface area contributed by atoms with Crippen LogP contribution < -0.4 is 10.6 Å². The molecule has 1 atom stereocenters. The molecule has 2 heterocycles. The topological polar surface area (TPSA) is 77.8 Å². The van der Waals surface area contributed by atoms with Crippen LogP contribution in [0, 0.1) is 17.2 Å². The number of aromatic nitrogens is 1. The van der Waals surface area contributed by atoms with E-state index in [1.165, 1.54) is 11.3 Å². The first-order chi connectivity index (χ1) is 11.3. The fraction of sp³-hybridized carbons (Fsp3) is 0.353. The Bertz CT molecular complexity index is 711. The van der Waals surface area contributed by atoms with Crippen LogP contribution in [0.5, 0.6) is 0 Å². The number of hydrogen-bond acceptors (Lipinski definition) is 5. The van der Waals surface area contributed by atoms with Gasteiger partial charge in [0.1, 0.15) is 5.01 Å². The van der Waals surface area contributed by atoms with Crippen molar-refractivity contribution in [3.05, 3.63) is 40.2 Å². The van der Waals surface area contributed by atoms with Crippen LogP contribution in [0.4, 0.5) is 0 Å². The van der Waals surface area contributed by atoms with Gasteiger partial charge in [0.25, 0.3) is 0 Å². The molecule has 0 aliphatic carbocycles. The Balaban J connectivity index is 1.58. The van der Waals surface area contributed by atoms with Crippen LogP contribution in [0.1, 0.15) is 23.4 Å². The van der Waals surface area contributed by atoms with E-state index < -0.39 is 0 Å². The van der Waals surface area contributed by atoms with Gasteiger partial charge < -0.3 is 10.6 Å². The van der Waals surface area contributed by atoms with Crippen molar-refractivity contribution >= 4 is 17.2 Å². The third-order valence-electron chi connectivity index (χ3n) is 3.94. The highest BCUT2D eigenvalue weighted by atomic mass is 32.1. The van der Waals surface area contributed by atoms with Gasteiger partial charge >= 0.3 is 0 Å². The molecular formula is C17H18N4OS. The Labute approximate surface area is 139 Å². The van der Waals surface area contributed by atoms with E-state index in [1.54, 1.807) is 12.1 Å². The van der Waals surface area contributed by atoms with Gasteiger partial charge in [0, 0.05) is 17.5 Å². The summed E-state index contributed by atoms with van der Waals surface area (Å²) < 4.78 is 0. The minimum atomic E-state index is 0.0710. The fourth-order valence-electron chi connectivity index (χ4n) is 2.62. The number of rotatable bonds is 4. The number of piperidine rings is 1. The summed E-state index contributed by atoms with van der Waals surface area (Å²) in [6, 6.07) is 9.46. The Kier molecular flexibility index (Phi) is 5.01. The van der Waals surface area contributed by atoms with E-state index in [-0.39, 0.29) is 11.8 Å². The summed E-state index contributed by atoms with van der Waals surface area (Å²) in [5, 5.41) is 17.9. The third-order valence-corrected chi connectivity index (χ3v) is 4.79. The van der Waals surface area contributed by atoms with E-state index in [1.807, 2.05) is 17.5 Å². The van der Waals surface area contributed by atoms with Gasteiger partial charge in [-0.05, 0) is 31.5 Å². The molecule has 0 spiro atoms. The van der Waals surface area contributed by atoms with Gasteiger partial charge in [-0.15, -0.1) is 11.3 Å². The standard InChI is InChI=1S/C17H18N4OS/c18-8-12-3-5-13(6-4-12)15-11-23-16(21-15)10-20-17(22)14-2-1-7-19-9-14/h3-6,11,14,19H,1-2,7,9-10H2,(H,20,22)/t14-/m0/s1. The van der Waals surface area contributed by atoms with Gasteiger partial charge in [-0.1, -0.05) is 12.1 Å². The number of carbonyl (C=O) groups is 1. The SMILES string of the molecule is N#Cc1ccc(-c2csc(CNC(=O)[C@H]3CCCNC3)n2)cc1. The zero-order valence-corrected chi connectivity index (χ0v) is 13.5. The van der Waals surface area contributed by atoms with Crippen LogP contribution in [0.2, 0.25) is 0 Å². The molecule has 1 aromatic carbocycles. The minimum absolute atomic E-state index is 0.0710. The average Bonchev–Trinajstić information content (AvgIpc) is 3.09. The highest BCUT2D eigenvalue weighted by molar-refractivity contribution is 7.09. The van der Waals surface area contributed by atoms with Gasteiger partial charge in [-0.3, -0.25) is 4.79 Å². The molecule has 1 aliphatic rings. The van der Waals surface area contributed by atoms with E-state index in [4.69, 9.17) is 5.26 Å². The monoisotopic (exact) mass is 326 g/mol. The second kappa shape index (κ2) is 7.36. The summed E-state index contributed by atoms with van der Waals surface area (Å²) >= 11 is 1.54. The second-order valence-corrected chi connectivity index (χ2v) is 6.52. The first-order valence-electron chi connectivity index (χ1n) is 7.69. The molecule has 3 rings (SSSR count). The number of carbonyl (C=O) groups excluding carboxylic acids is 1. The highest BCUT2D eigenvalue weighted by Crippen LogP contribution is 2.22. The van der Waals surface area contributed by atoms with Crippen molar-refractivity contribution in [3.8, 4) is 17.3 Å². The molecule has 118 valence electrons. The van der Waals surface area contributed by atoms with E-state index in [0.29, 0.717) is 12.1 Å². The van der Waals surface area contributed by atoms with E-state index in [2.05, 4.69) is 21.7 Å². The molecule has 0 unspecified atom stereocenters. The number of nitrogens with one attached hydrogen (secondary N) is 2. The molecule has 1 fully saturated rings. The molecule has 1 aromatic heterocycles. The predicted molar refractivity (Wildman–Crippen MR) is 89.7 cm³/mol. The number of nitrogens with zero attached hydrogens (tertiary/aromatic N) is 2. The number of thiazole rings is 1. The Morgan fingerprint density at radius 1 is 1.43 bits per heavy atom. The summed E-state index contributed by atoms with van der Waals surface area (Å²) in [5.74, 6) is 0.175. The van der Waals surface area contributed by atoms with Crippen molar-refractivity contribution in [2.45, 2.75) is 19.4 Å². The van der Waals surface area contributed by atoms with E-state index in [9.17, 15) is 4.79 Å². The van der Waals surface area contributed by atoms with E-state index >= 15 is 0 Å². The number of nitriles is 1. The minimum Gasteiger partial charge on any atom is -0.349 e. The maximum absolute atomic E-state index is 12.1. The maximum Gasteiger partial charge on any atom is 0.224 e. The molecule has 5 nitrogen and oxygen atoms in total. The molecule has 0 radical (unpaired) electrons. The third kappa shape index (κ3) is 3.95. The largest absolute Gasteiger partial charge is 0.349 e. The van der Waals surface area contributed by atoms with Crippen molar-refractivity contribution in [2.24, 2.45) is 5.92 Å². The van der Waals surface area contributed by atoms with Crippen molar-refractivity contribution in [1.82, 2.24) is 15.6 Å². The van der Waals surface area contributed by atoms with Crippen LogP contribution >= 0.6 is 11.3 Å². The highest BCUT2D eigenvalue weighted by Gasteiger charge is 2.20. The number of benzene rings is 1. The molecule has 0 saturated carbocycles. The molecule has 1 saturated heterocycles. The van der Waals surface area contributed by atoms with Crippen LogP contribution in [0.15, 0.2) is 29.6 Å². The summed E-state index contributed by atoms with van der Waals surface area (Å²) in [6.07, 6.45) is 2.01. The van der Waals surface area contributed by atoms with Gasteiger partial charge in [0.2, 0.25) is 5.91 Å². The fourth-order valence-corrected chi connectivity index (χ4v) is 3.37. The van der Waals surface area contributed by atoms with Crippen molar-refractivity contribution in [3.63, 3.8) is 0 Å².